The molecule has 1 aliphatic rings. The predicted molar refractivity (Wildman–Crippen MR) is 75.2 cm³/mol. The van der Waals surface area contributed by atoms with Gasteiger partial charge in [-0.25, -0.2) is 8.42 Å². The molecule has 20 heavy (non-hydrogen) atoms. The van der Waals surface area contributed by atoms with E-state index in [1.54, 1.807) is 26.0 Å². The quantitative estimate of drug-likeness (QED) is 0.921. The third-order valence-electron chi connectivity index (χ3n) is 3.81. The van der Waals surface area contributed by atoms with E-state index < -0.39 is 21.9 Å². The second-order valence-electron chi connectivity index (χ2n) is 5.07. The zero-order valence-corrected chi connectivity index (χ0v) is 12.8. The zero-order chi connectivity index (χ0) is 15.1. The molecule has 1 N–H and O–H groups in total. The van der Waals surface area contributed by atoms with Crippen LogP contribution in [0.2, 0.25) is 5.02 Å². The molecule has 1 atom stereocenters. The summed E-state index contributed by atoms with van der Waals surface area (Å²) in [4.78, 5) is 11.1. The summed E-state index contributed by atoms with van der Waals surface area (Å²) in [5.41, 5.74) is 0.517. The number of halogens is 1. The Bertz CT molecular complexity index is 638. The number of carboxylic acid groups (broad SMARTS) is 1. The van der Waals surface area contributed by atoms with Crippen molar-refractivity contribution in [3.05, 3.63) is 28.8 Å². The highest BCUT2D eigenvalue weighted by molar-refractivity contribution is 7.89. The molecule has 1 heterocycles. The van der Waals surface area contributed by atoms with E-state index >= 15 is 0 Å². The molecule has 0 radical (unpaired) electrons. The van der Waals surface area contributed by atoms with Crippen molar-refractivity contribution < 1.29 is 18.3 Å². The van der Waals surface area contributed by atoms with Crippen molar-refractivity contribution in [3.8, 4) is 0 Å². The maximum Gasteiger partial charge on any atom is 0.306 e. The molecule has 1 aromatic carbocycles. The van der Waals surface area contributed by atoms with Crippen LogP contribution in [0.25, 0.3) is 0 Å². The molecule has 0 bridgehead atoms. The number of nitrogens with zero attached hydrogens (tertiary/aromatic N) is 1. The SMILES string of the molecule is Cc1c(Cl)cccc1S(=O)(=O)N1CC(C(C)C(=O)O)C1. The van der Waals surface area contributed by atoms with Gasteiger partial charge in [-0.3, -0.25) is 4.79 Å². The Morgan fingerprint density at radius 2 is 2.05 bits per heavy atom. The molecule has 0 saturated carbocycles. The molecule has 1 aliphatic heterocycles. The minimum atomic E-state index is -3.59. The summed E-state index contributed by atoms with van der Waals surface area (Å²) in [6.45, 7) is 3.73. The lowest BCUT2D eigenvalue weighted by Crippen LogP contribution is -2.53. The molecule has 5 nitrogen and oxygen atoms in total. The van der Waals surface area contributed by atoms with Crippen LogP contribution < -0.4 is 0 Å². The Labute approximate surface area is 123 Å². The molecule has 0 spiro atoms. The fourth-order valence-electron chi connectivity index (χ4n) is 2.19. The monoisotopic (exact) mass is 317 g/mol. The topological polar surface area (TPSA) is 74.7 Å². The van der Waals surface area contributed by atoms with E-state index in [2.05, 4.69) is 0 Å². The highest BCUT2D eigenvalue weighted by Crippen LogP contribution is 2.32. The van der Waals surface area contributed by atoms with Gasteiger partial charge in [0.2, 0.25) is 10.0 Å². The van der Waals surface area contributed by atoms with Crippen LogP contribution in [0.5, 0.6) is 0 Å². The number of rotatable bonds is 4. The predicted octanol–water partition coefficient (Wildman–Crippen LogP) is 1.99. The zero-order valence-electron chi connectivity index (χ0n) is 11.2. The van der Waals surface area contributed by atoms with Crippen LogP contribution in [0.15, 0.2) is 23.1 Å². The van der Waals surface area contributed by atoms with Gasteiger partial charge in [0, 0.05) is 18.1 Å². The van der Waals surface area contributed by atoms with Crippen molar-refractivity contribution >= 4 is 27.6 Å². The molecule has 0 aliphatic carbocycles. The molecule has 7 heteroatoms. The molecule has 1 unspecified atom stereocenters. The van der Waals surface area contributed by atoms with Crippen molar-refractivity contribution in [2.75, 3.05) is 13.1 Å². The first kappa shape index (κ1) is 15.3. The summed E-state index contributed by atoms with van der Waals surface area (Å²) in [6, 6.07) is 4.76. The molecule has 1 aromatic rings. The number of sulfonamides is 1. The molecule has 0 aromatic heterocycles. The van der Waals surface area contributed by atoms with Crippen LogP contribution in [0.1, 0.15) is 12.5 Å². The lowest BCUT2D eigenvalue weighted by molar-refractivity contribution is -0.144. The second-order valence-corrected chi connectivity index (χ2v) is 7.39. The molecular formula is C13H16ClNO4S. The normalized spacial score (nSPS) is 18.6. The first-order valence-electron chi connectivity index (χ1n) is 6.23. The van der Waals surface area contributed by atoms with Gasteiger partial charge in [-0.05, 0) is 30.5 Å². The Morgan fingerprint density at radius 1 is 1.45 bits per heavy atom. The average molecular weight is 318 g/mol. The third kappa shape index (κ3) is 2.55. The fraction of sp³-hybridized carbons (Fsp3) is 0.462. The summed E-state index contributed by atoms with van der Waals surface area (Å²) in [6.07, 6.45) is 0. The molecular weight excluding hydrogens is 302 g/mol. The number of benzene rings is 1. The summed E-state index contributed by atoms with van der Waals surface area (Å²) in [5.74, 6) is -1.57. The van der Waals surface area contributed by atoms with Gasteiger partial charge in [-0.15, -0.1) is 0 Å². The first-order chi connectivity index (χ1) is 9.25. The van der Waals surface area contributed by atoms with Crippen molar-refractivity contribution in [1.29, 1.82) is 0 Å². The van der Waals surface area contributed by atoms with E-state index in [4.69, 9.17) is 16.7 Å². The van der Waals surface area contributed by atoms with Crippen molar-refractivity contribution in [2.45, 2.75) is 18.7 Å². The fourth-order valence-corrected chi connectivity index (χ4v) is 4.22. The van der Waals surface area contributed by atoms with Gasteiger partial charge in [-0.2, -0.15) is 4.31 Å². The Kier molecular flexibility index (Phi) is 4.09. The third-order valence-corrected chi connectivity index (χ3v) is 6.19. The summed E-state index contributed by atoms with van der Waals surface area (Å²) in [5, 5.41) is 9.32. The highest BCUT2D eigenvalue weighted by atomic mass is 35.5. The van der Waals surface area contributed by atoms with Crippen LogP contribution in [0.4, 0.5) is 0 Å². The van der Waals surface area contributed by atoms with Gasteiger partial charge < -0.3 is 5.11 Å². The summed E-state index contributed by atoms with van der Waals surface area (Å²) < 4.78 is 26.2. The molecule has 2 rings (SSSR count). The van der Waals surface area contributed by atoms with Crippen molar-refractivity contribution in [2.24, 2.45) is 11.8 Å². The van der Waals surface area contributed by atoms with Crippen LogP contribution in [-0.4, -0.2) is 36.9 Å². The van der Waals surface area contributed by atoms with E-state index in [-0.39, 0.29) is 23.9 Å². The minimum Gasteiger partial charge on any atom is -0.481 e. The van der Waals surface area contributed by atoms with Crippen molar-refractivity contribution in [1.82, 2.24) is 4.31 Å². The number of carboxylic acids is 1. The smallest absolute Gasteiger partial charge is 0.306 e. The lowest BCUT2D eigenvalue weighted by atomic mass is 9.89. The van der Waals surface area contributed by atoms with Gasteiger partial charge >= 0.3 is 5.97 Å². The Balaban J connectivity index is 2.18. The Hall–Kier alpha value is -1.11. The van der Waals surface area contributed by atoms with E-state index in [1.807, 2.05) is 0 Å². The average Bonchev–Trinajstić information content (AvgIpc) is 2.29. The van der Waals surface area contributed by atoms with Gasteiger partial charge in [-0.1, -0.05) is 24.6 Å². The number of hydrogen-bond donors (Lipinski definition) is 1. The number of carbonyl (C=O) groups is 1. The van der Waals surface area contributed by atoms with Gasteiger partial charge in [0.15, 0.2) is 0 Å². The summed E-state index contributed by atoms with van der Waals surface area (Å²) >= 11 is 5.95. The Morgan fingerprint density at radius 3 is 2.60 bits per heavy atom. The van der Waals surface area contributed by atoms with Gasteiger partial charge in [0.25, 0.3) is 0 Å². The molecule has 0 amide bonds. The number of aliphatic carboxylic acids is 1. The highest BCUT2D eigenvalue weighted by Gasteiger charge is 2.41. The van der Waals surface area contributed by atoms with Crippen LogP contribution in [-0.2, 0) is 14.8 Å². The lowest BCUT2D eigenvalue weighted by Gasteiger charge is -2.40. The maximum atomic E-state index is 12.4. The van der Waals surface area contributed by atoms with E-state index in [1.165, 1.54) is 10.4 Å². The van der Waals surface area contributed by atoms with Crippen LogP contribution in [0, 0.1) is 18.8 Å². The largest absolute Gasteiger partial charge is 0.481 e. The number of hydrogen-bond acceptors (Lipinski definition) is 3. The minimum absolute atomic E-state index is 0.137. The van der Waals surface area contributed by atoms with E-state index in [9.17, 15) is 13.2 Å². The standard InChI is InChI=1S/C13H16ClNO4S/c1-8(13(16)17)10-6-15(7-10)20(18,19)12-5-3-4-11(14)9(12)2/h3-5,8,10H,6-7H2,1-2H3,(H,16,17). The summed E-state index contributed by atoms with van der Waals surface area (Å²) in [7, 11) is -3.59. The second kappa shape index (κ2) is 5.35. The molecule has 1 fully saturated rings. The molecule has 110 valence electrons. The van der Waals surface area contributed by atoms with Crippen LogP contribution >= 0.6 is 11.6 Å². The van der Waals surface area contributed by atoms with Crippen LogP contribution in [0.3, 0.4) is 0 Å². The van der Waals surface area contributed by atoms with Gasteiger partial charge in [0.1, 0.15) is 0 Å². The van der Waals surface area contributed by atoms with Crippen molar-refractivity contribution in [3.63, 3.8) is 0 Å². The van der Waals surface area contributed by atoms with Gasteiger partial charge in [0.05, 0.1) is 10.8 Å². The molecule has 1 saturated heterocycles. The van der Waals surface area contributed by atoms with E-state index in [0.29, 0.717) is 10.6 Å². The van der Waals surface area contributed by atoms with E-state index in [0.717, 1.165) is 0 Å². The maximum absolute atomic E-state index is 12.4. The first-order valence-corrected chi connectivity index (χ1v) is 8.05.